The Hall–Kier alpha value is -0.870. The van der Waals surface area contributed by atoms with Gasteiger partial charge in [-0.3, -0.25) is 0 Å². The fourth-order valence-electron chi connectivity index (χ4n) is 3.03. The lowest BCUT2D eigenvalue weighted by Crippen LogP contribution is -2.39. The molecule has 1 aliphatic rings. The zero-order chi connectivity index (χ0) is 13.7. The summed E-state index contributed by atoms with van der Waals surface area (Å²) in [4.78, 5) is 4.33. The van der Waals surface area contributed by atoms with Crippen molar-refractivity contribution >= 4 is 0 Å². The van der Waals surface area contributed by atoms with E-state index in [2.05, 4.69) is 35.6 Å². The first-order valence-electron chi connectivity index (χ1n) is 7.60. The Morgan fingerprint density at radius 1 is 1.42 bits per heavy atom. The maximum absolute atomic E-state index is 6.06. The summed E-state index contributed by atoms with van der Waals surface area (Å²) < 4.78 is 8.42. The fraction of sp³-hybridized carbons (Fsp3) is 0.800. The lowest BCUT2D eigenvalue weighted by Gasteiger charge is -2.40. The number of ether oxygens (including phenoxy) is 1. The van der Waals surface area contributed by atoms with Crippen molar-refractivity contribution in [1.29, 1.82) is 0 Å². The topological polar surface area (TPSA) is 39.1 Å². The van der Waals surface area contributed by atoms with Gasteiger partial charge < -0.3 is 14.6 Å². The van der Waals surface area contributed by atoms with Gasteiger partial charge in [-0.15, -0.1) is 0 Å². The van der Waals surface area contributed by atoms with Gasteiger partial charge in [0.15, 0.2) is 0 Å². The molecule has 0 amide bonds. The highest BCUT2D eigenvalue weighted by atomic mass is 16.5. The summed E-state index contributed by atoms with van der Waals surface area (Å²) in [7, 11) is 0. The van der Waals surface area contributed by atoms with Crippen LogP contribution in [0.3, 0.4) is 0 Å². The molecule has 0 aliphatic carbocycles. The first-order valence-corrected chi connectivity index (χ1v) is 7.60. The zero-order valence-corrected chi connectivity index (χ0v) is 12.5. The van der Waals surface area contributed by atoms with Gasteiger partial charge in [0.1, 0.15) is 0 Å². The minimum atomic E-state index is 0.0721. The third kappa shape index (κ3) is 3.18. The van der Waals surface area contributed by atoms with E-state index in [1.807, 2.05) is 12.5 Å². The fourth-order valence-corrected chi connectivity index (χ4v) is 3.03. The first kappa shape index (κ1) is 14.5. The Morgan fingerprint density at radius 3 is 2.89 bits per heavy atom. The third-order valence-corrected chi connectivity index (χ3v) is 4.45. The van der Waals surface area contributed by atoms with Gasteiger partial charge in [-0.1, -0.05) is 20.8 Å². The molecule has 1 saturated heterocycles. The van der Waals surface area contributed by atoms with E-state index >= 15 is 0 Å². The van der Waals surface area contributed by atoms with Crippen LogP contribution in [0.2, 0.25) is 0 Å². The van der Waals surface area contributed by atoms with Crippen molar-refractivity contribution in [3.8, 4) is 0 Å². The summed E-state index contributed by atoms with van der Waals surface area (Å²) in [6.45, 7) is 9.37. The first-order chi connectivity index (χ1) is 9.24. The average Bonchev–Trinajstić information content (AvgIpc) is 2.93. The molecule has 1 N–H and O–H groups in total. The average molecular weight is 265 g/mol. The molecule has 4 heteroatoms. The van der Waals surface area contributed by atoms with E-state index in [9.17, 15) is 0 Å². The van der Waals surface area contributed by atoms with Crippen LogP contribution < -0.4 is 5.32 Å². The monoisotopic (exact) mass is 265 g/mol. The molecule has 0 spiro atoms. The molecule has 2 heterocycles. The third-order valence-electron chi connectivity index (χ3n) is 4.45. The highest BCUT2D eigenvalue weighted by Gasteiger charge is 2.35. The molecule has 1 unspecified atom stereocenters. The number of aromatic nitrogens is 2. The van der Waals surface area contributed by atoms with E-state index in [1.54, 1.807) is 0 Å². The molecule has 1 atom stereocenters. The van der Waals surface area contributed by atoms with Crippen LogP contribution in [0.25, 0.3) is 0 Å². The van der Waals surface area contributed by atoms with Gasteiger partial charge in [-0.05, 0) is 32.2 Å². The molecular formula is C15H27N3O. The summed E-state index contributed by atoms with van der Waals surface area (Å²) in [6, 6.07) is 0.532. The van der Waals surface area contributed by atoms with Gasteiger partial charge in [0.2, 0.25) is 0 Å². The van der Waals surface area contributed by atoms with E-state index in [-0.39, 0.29) is 5.60 Å². The molecule has 1 aliphatic heterocycles. The number of hydrogen-bond donors (Lipinski definition) is 1. The molecule has 1 aromatic rings. The number of nitrogens with one attached hydrogen (secondary N) is 1. The Labute approximate surface area is 116 Å². The highest BCUT2D eigenvalue weighted by molar-refractivity contribution is 5.02. The van der Waals surface area contributed by atoms with Crippen LogP contribution in [-0.4, -0.2) is 28.3 Å². The summed E-state index contributed by atoms with van der Waals surface area (Å²) in [5, 5.41) is 3.39. The summed E-state index contributed by atoms with van der Waals surface area (Å²) in [5.41, 5.74) is 1.36. The van der Waals surface area contributed by atoms with Crippen LogP contribution >= 0.6 is 0 Å². The Bertz CT molecular complexity index is 384. The Balaban J connectivity index is 2.11. The maximum atomic E-state index is 6.06. The van der Waals surface area contributed by atoms with E-state index in [4.69, 9.17) is 4.74 Å². The molecule has 0 radical (unpaired) electrons. The lowest BCUT2D eigenvalue weighted by molar-refractivity contribution is -0.0989. The van der Waals surface area contributed by atoms with Crippen LogP contribution in [0.4, 0.5) is 0 Å². The van der Waals surface area contributed by atoms with Crippen molar-refractivity contribution in [2.75, 3.05) is 13.2 Å². The molecular weight excluding hydrogens is 238 g/mol. The molecule has 1 fully saturated rings. The van der Waals surface area contributed by atoms with Gasteiger partial charge in [-0.2, -0.15) is 0 Å². The minimum absolute atomic E-state index is 0.0721. The highest BCUT2D eigenvalue weighted by Crippen LogP contribution is 2.37. The predicted molar refractivity (Wildman–Crippen MR) is 77.1 cm³/mol. The molecule has 4 nitrogen and oxygen atoms in total. The van der Waals surface area contributed by atoms with Crippen molar-refractivity contribution in [2.24, 2.45) is 0 Å². The normalized spacial score (nSPS) is 22.6. The van der Waals surface area contributed by atoms with Gasteiger partial charge >= 0.3 is 0 Å². The van der Waals surface area contributed by atoms with E-state index in [0.717, 1.165) is 45.4 Å². The van der Waals surface area contributed by atoms with E-state index < -0.39 is 0 Å². The standard InChI is InChI=1S/C15H27N3O/c1-4-15(5-2)9-13(7-8-19-15)18-12-17-11-14(18)10-16-6-3/h11-13,16H,4-10H2,1-3H3. The number of hydrogen-bond acceptors (Lipinski definition) is 3. The molecule has 0 aromatic carbocycles. The number of nitrogens with zero attached hydrogens (tertiary/aromatic N) is 2. The van der Waals surface area contributed by atoms with Gasteiger partial charge in [0.05, 0.1) is 17.6 Å². The molecule has 1 aromatic heterocycles. The van der Waals surface area contributed by atoms with E-state index in [1.165, 1.54) is 5.69 Å². The van der Waals surface area contributed by atoms with Gasteiger partial charge in [0.25, 0.3) is 0 Å². The number of rotatable bonds is 6. The largest absolute Gasteiger partial charge is 0.375 e. The minimum Gasteiger partial charge on any atom is -0.375 e. The second kappa shape index (κ2) is 6.53. The summed E-state index contributed by atoms with van der Waals surface area (Å²) in [5.74, 6) is 0. The Kier molecular flexibility index (Phi) is 4.99. The lowest BCUT2D eigenvalue weighted by atomic mass is 9.85. The maximum Gasteiger partial charge on any atom is 0.0951 e. The van der Waals surface area contributed by atoms with Crippen molar-refractivity contribution in [3.05, 3.63) is 18.2 Å². The van der Waals surface area contributed by atoms with Crippen LogP contribution in [0.15, 0.2) is 12.5 Å². The van der Waals surface area contributed by atoms with E-state index in [0.29, 0.717) is 6.04 Å². The molecule has 19 heavy (non-hydrogen) atoms. The molecule has 108 valence electrons. The van der Waals surface area contributed by atoms with Crippen molar-refractivity contribution in [1.82, 2.24) is 14.9 Å². The van der Waals surface area contributed by atoms with Crippen molar-refractivity contribution < 1.29 is 4.74 Å². The van der Waals surface area contributed by atoms with Crippen molar-refractivity contribution in [3.63, 3.8) is 0 Å². The smallest absolute Gasteiger partial charge is 0.0951 e. The summed E-state index contributed by atoms with van der Waals surface area (Å²) in [6.07, 6.45) is 8.36. The predicted octanol–water partition coefficient (Wildman–Crippen LogP) is 2.90. The second-order valence-corrected chi connectivity index (χ2v) is 5.46. The van der Waals surface area contributed by atoms with Crippen LogP contribution in [0.1, 0.15) is 58.2 Å². The number of imidazole rings is 1. The van der Waals surface area contributed by atoms with Gasteiger partial charge in [0, 0.05) is 25.4 Å². The second-order valence-electron chi connectivity index (χ2n) is 5.46. The molecule has 0 saturated carbocycles. The molecule has 0 bridgehead atoms. The SMILES string of the molecule is CCNCc1cncn1C1CCOC(CC)(CC)C1. The van der Waals surface area contributed by atoms with Crippen molar-refractivity contribution in [2.45, 2.75) is 64.6 Å². The van der Waals surface area contributed by atoms with Crippen LogP contribution in [0, 0.1) is 0 Å². The van der Waals surface area contributed by atoms with Crippen LogP contribution in [0.5, 0.6) is 0 Å². The Morgan fingerprint density at radius 2 is 2.21 bits per heavy atom. The quantitative estimate of drug-likeness (QED) is 0.859. The molecule has 2 rings (SSSR count). The summed E-state index contributed by atoms with van der Waals surface area (Å²) >= 11 is 0. The van der Waals surface area contributed by atoms with Gasteiger partial charge in [-0.25, -0.2) is 4.98 Å². The zero-order valence-electron chi connectivity index (χ0n) is 12.5. The van der Waals surface area contributed by atoms with Crippen LogP contribution in [-0.2, 0) is 11.3 Å².